The number of pyridine rings is 1. The van der Waals surface area contributed by atoms with Crippen LogP contribution in [0.1, 0.15) is 42.0 Å². The fourth-order valence-corrected chi connectivity index (χ4v) is 3.93. The number of hydrogen-bond donors (Lipinski definition) is 1. The number of anilines is 1. The number of aromatic nitrogens is 3. The maximum atomic E-state index is 12.9. The van der Waals surface area contributed by atoms with Crippen LogP contribution < -0.4 is 10.1 Å². The number of rotatable bonds is 5. The maximum absolute atomic E-state index is 12.9. The number of benzene rings is 1. The fourth-order valence-electron chi connectivity index (χ4n) is 3.93. The Labute approximate surface area is 183 Å². The number of nitrogens with one attached hydrogen (secondary N) is 1. The molecule has 2 aromatic heterocycles. The second-order valence-electron chi connectivity index (χ2n) is 7.75. The van der Waals surface area contributed by atoms with E-state index < -0.39 is 17.8 Å². The minimum atomic E-state index is -4.63. The van der Waals surface area contributed by atoms with Gasteiger partial charge in [-0.3, -0.25) is 9.48 Å². The third-order valence-electron chi connectivity index (χ3n) is 5.74. The Morgan fingerprint density at radius 1 is 1.25 bits per heavy atom. The summed E-state index contributed by atoms with van der Waals surface area (Å²) in [5, 5.41) is 8.10. The molecule has 0 aliphatic carbocycles. The number of amides is 1. The lowest BCUT2D eigenvalue weighted by Gasteiger charge is -2.31. The van der Waals surface area contributed by atoms with Crippen molar-refractivity contribution in [3.05, 3.63) is 47.9 Å². The summed E-state index contributed by atoms with van der Waals surface area (Å²) in [4.78, 5) is 18.4. The van der Waals surface area contributed by atoms with Gasteiger partial charge in [0, 0.05) is 30.7 Å². The van der Waals surface area contributed by atoms with Gasteiger partial charge in [0.05, 0.1) is 24.4 Å². The van der Waals surface area contributed by atoms with Gasteiger partial charge >= 0.3 is 6.18 Å². The summed E-state index contributed by atoms with van der Waals surface area (Å²) < 4.78 is 46.1. The second kappa shape index (κ2) is 8.78. The molecule has 0 spiro atoms. The quantitative estimate of drug-likeness (QED) is 0.629. The van der Waals surface area contributed by atoms with Gasteiger partial charge in [-0.25, -0.2) is 4.98 Å². The highest BCUT2D eigenvalue weighted by Crippen LogP contribution is 2.32. The number of methoxy groups -OCH3 is 1. The lowest BCUT2D eigenvalue weighted by atomic mass is 10.1. The van der Waals surface area contributed by atoms with E-state index in [0.29, 0.717) is 17.5 Å². The van der Waals surface area contributed by atoms with Gasteiger partial charge in [0.25, 0.3) is 5.91 Å². The van der Waals surface area contributed by atoms with Gasteiger partial charge in [0.2, 0.25) is 0 Å². The standard InChI is InChI=1S/C22H24F3N5O2/c1-3-29-9-7-15(8-10-29)30-13-14-11-18(19(32-2)12-17(14)28-30)27-21(31)16-5-4-6-20(26-16)22(23,24)25/h4-6,11-13,15H,3,7-10H2,1-2H3,(H,27,31). The van der Waals surface area contributed by atoms with Crippen LogP contribution in [-0.4, -0.2) is 52.3 Å². The molecule has 10 heteroatoms. The summed E-state index contributed by atoms with van der Waals surface area (Å²) in [5.41, 5.74) is -0.400. The van der Waals surface area contributed by atoms with Crippen LogP contribution in [0.2, 0.25) is 0 Å². The molecule has 0 bridgehead atoms. The van der Waals surface area contributed by atoms with Crippen molar-refractivity contribution in [1.82, 2.24) is 19.7 Å². The zero-order valence-corrected chi connectivity index (χ0v) is 17.8. The van der Waals surface area contributed by atoms with E-state index in [2.05, 4.69) is 27.2 Å². The van der Waals surface area contributed by atoms with Crippen molar-refractivity contribution < 1.29 is 22.7 Å². The molecule has 1 amide bonds. The Morgan fingerprint density at radius 3 is 2.66 bits per heavy atom. The largest absolute Gasteiger partial charge is 0.494 e. The molecule has 1 fully saturated rings. The van der Waals surface area contributed by atoms with Crippen molar-refractivity contribution >= 4 is 22.5 Å². The van der Waals surface area contributed by atoms with E-state index in [0.717, 1.165) is 55.5 Å². The van der Waals surface area contributed by atoms with Crippen LogP contribution in [0.4, 0.5) is 18.9 Å². The van der Waals surface area contributed by atoms with Gasteiger partial charge in [-0.15, -0.1) is 0 Å². The normalized spacial score (nSPS) is 15.8. The SMILES string of the molecule is CCN1CCC(n2cc3cc(NC(=O)c4cccc(C(F)(F)F)n4)c(OC)cc3n2)CC1. The topological polar surface area (TPSA) is 72.3 Å². The average molecular weight is 447 g/mol. The summed E-state index contributed by atoms with van der Waals surface area (Å²) in [6.07, 6.45) is -0.693. The van der Waals surface area contributed by atoms with Crippen LogP contribution in [0.3, 0.4) is 0 Å². The molecule has 3 heterocycles. The van der Waals surface area contributed by atoms with E-state index in [1.54, 1.807) is 12.1 Å². The molecule has 1 saturated heterocycles. The van der Waals surface area contributed by atoms with E-state index >= 15 is 0 Å². The smallest absolute Gasteiger partial charge is 0.433 e. The molecule has 1 aliphatic rings. The minimum absolute atomic E-state index is 0.295. The Bertz CT molecular complexity index is 1120. The summed E-state index contributed by atoms with van der Waals surface area (Å²) in [5.74, 6) is -0.392. The molecule has 0 unspecified atom stereocenters. The molecule has 32 heavy (non-hydrogen) atoms. The molecule has 1 aliphatic heterocycles. The van der Waals surface area contributed by atoms with E-state index in [9.17, 15) is 18.0 Å². The van der Waals surface area contributed by atoms with E-state index in [1.165, 1.54) is 13.2 Å². The molecule has 1 aromatic carbocycles. The minimum Gasteiger partial charge on any atom is -0.494 e. The average Bonchev–Trinajstić information content (AvgIpc) is 3.21. The Morgan fingerprint density at radius 2 is 2.00 bits per heavy atom. The van der Waals surface area contributed by atoms with Crippen molar-refractivity contribution in [2.24, 2.45) is 0 Å². The van der Waals surface area contributed by atoms with E-state index in [-0.39, 0.29) is 5.69 Å². The van der Waals surface area contributed by atoms with Crippen LogP contribution in [0, 0.1) is 0 Å². The molecule has 3 aromatic rings. The molecule has 0 radical (unpaired) electrons. The Hall–Kier alpha value is -3.14. The predicted octanol–water partition coefficient (Wildman–Crippen LogP) is 4.37. The first-order valence-electron chi connectivity index (χ1n) is 10.4. The predicted molar refractivity (Wildman–Crippen MR) is 114 cm³/mol. The molecular formula is C22H24F3N5O2. The zero-order chi connectivity index (χ0) is 22.9. The second-order valence-corrected chi connectivity index (χ2v) is 7.75. The van der Waals surface area contributed by atoms with Crippen LogP contribution in [0.25, 0.3) is 10.9 Å². The first-order valence-corrected chi connectivity index (χ1v) is 10.4. The summed E-state index contributed by atoms with van der Waals surface area (Å²) >= 11 is 0. The summed E-state index contributed by atoms with van der Waals surface area (Å²) in [6.45, 7) is 5.23. The number of piperidine rings is 1. The molecule has 4 rings (SSSR count). The highest BCUT2D eigenvalue weighted by molar-refractivity contribution is 6.05. The molecule has 0 atom stereocenters. The third kappa shape index (κ3) is 4.55. The van der Waals surface area contributed by atoms with Gasteiger partial charge in [-0.05, 0) is 37.6 Å². The lowest BCUT2D eigenvalue weighted by Crippen LogP contribution is -2.34. The lowest BCUT2D eigenvalue weighted by molar-refractivity contribution is -0.141. The van der Waals surface area contributed by atoms with Gasteiger partial charge in [0.1, 0.15) is 17.1 Å². The maximum Gasteiger partial charge on any atom is 0.433 e. The van der Waals surface area contributed by atoms with Gasteiger partial charge < -0.3 is 15.0 Å². The van der Waals surface area contributed by atoms with Crippen molar-refractivity contribution in [2.45, 2.75) is 32.0 Å². The van der Waals surface area contributed by atoms with Gasteiger partial charge in [0.15, 0.2) is 0 Å². The first kappa shape index (κ1) is 22.1. The number of likely N-dealkylation sites (tertiary alicyclic amines) is 1. The number of fused-ring (bicyclic) bond motifs is 1. The fraction of sp³-hybridized carbons (Fsp3) is 0.409. The number of hydrogen-bond acceptors (Lipinski definition) is 5. The monoisotopic (exact) mass is 447 g/mol. The van der Waals surface area contributed by atoms with Gasteiger partial charge in [-0.1, -0.05) is 13.0 Å². The molecule has 170 valence electrons. The van der Waals surface area contributed by atoms with Crippen LogP contribution in [0.15, 0.2) is 36.5 Å². The number of halogens is 3. The first-order chi connectivity index (χ1) is 15.3. The Kier molecular flexibility index (Phi) is 6.05. The molecular weight excluding hydrogens is 423 g/mol. The van der Waals surface area contributed by atoms with Crippen molar-refractivity contribution in [1.29, 1.82) is 0 Å². The highest BCUT2D eigenvalue weighted by atomic mass is 19.4. The van der Waals surface area contributed by atoms with Crippen molar-refractivity contribution in [2.75, 3.05) is 32.1 Å². The van der Waals surface area contributed by atoms with Crippen LogP contribution in [0.5, 0.6) is 5.75 Å². The third-order valence-corrected chi connectivity index (χ3v) is 5.74. The van der Waals surface area contributed by atoms with E-state index in [4.69, 9.17) is 4.74 Å². The molecule has 7 nitrogen and oxygen atoms in total. The number of nitrogens with zero attached hydrogens (tertiary/aromatic N) is 4. The summed E-state index contributed by atoms with van der Waals surface area (Å²) in [7, 11) is 1.46. The zero-order valence-electron chi connectivity index (χ0n) is 17.8. The summed E-state index contributed by atoms with van der Waals surface area (Å²) in [6, 6.07) is 6.92. The number of ether oxygens (including phenoxy) is 1. The van der Waals surface area contributed by atoms with Crippen LogP contribution in [-0.2, 0) is 6.18 Å². The van der Waals surface area contributed by atoms with Crippen molar-refractivity contribution in [3.63, 3.8) is 0 Å². The van der Waals surface area contributed by atoms with E-state index in [1.807, 2.05) is 10.9 Å². The number of carbonyl (C=O) groups is 1. The number of alkyl halides is 3. The van der Waals surface area contributed by atoms with Crippen molar-refractivity contribution in [3.8, 4) is 5.75 Å². The molecule has 0 saturated carbocycles. The van der Waals surface area contributed by atoms with Gasteiger partial charge in [-0.2, -0.15) is 18.3 Å². The van der Waals surface area contributed by atoms with Crippen LogP contribution >= 0.6 is 0 Å². The number of carbonyl (C=O) groups excluding carboxylic acids is 1. The Balaban J connectivity index is 1.58. The highest BCUT2D eigenvalue weighted by Gasteiger charge is 2.33. The molecule has 1 N–H and O–H groups in total.